The van der Waals surface area contributed by atoms with Crippen molar-refractivity contribution >= 4 is 5.69 Å². The summed E-state index contributed by atoms with van der Waals surface area (Å²) in [5.74, 6) is 0.900. The number of nitrogens with zero attached hydrogens (tertiary/aromatic N) is 1. The van der Waals surface area contributed by atoms with Gasteiger partial charge >= 0.3 is 0 Å². The van der Waals surface area contributed by atoms with Crippen LogP contribution in [-0.4, -0.2) is 13.7 Å². The number of halogens is 1. The second-order valence-corrected chi connectivity index (χ2v) is 4.29. The van der Waals surface area contributed by atoms with Crippen molar-refractivity contribution in [1.29, 1.82) is 5.26 Å². The molecule has 0 aliphatic rings. The molecule has 4 nitrogen and oxygen atoms in total. The van der Waals surface area contributed by atoms with Crippen LogP contribution in [0.5, 0.6) is 11.5 Å². The molecule has 0 amide bonds. The Balaban J connectivity index is 1.98. The van der Waals surface area contributed by atoms with Crippen LogP contribution in [0.25, 0.3) is 0 Å². The zero-order valence-corrected chi connectivity index (χ0v) is 11.6. The second-order valence-electron chi connectivity index (χ2n) is 4.29. The average Bonchev–Trinajstić information content (AvgIpc) is 2.53. The summed E-state index contributed by atoms with van der Waals surface area (Å²) < 4.78 is 23.9. The smallest absolute Gasteiger partial charge is 0.174 e. The maximum atomic E-state index is 13.6. The molecule has 5 heteroatoms. The van der Waals surface area contributed by atoms with Crippen LogP contribution in [0.4, 0.5) is 10.1 Å². The molecule has 108 valence electrons. The van der Waals surface area contributed by atoms with Crippen molar-refractivity contribution in [3.63, 3.8) is 0 Å². The molecular formula is C16H15FN2O2. The molecule has 0 aliphatic carbocycles. The van der Waals surface area contributed by atoms with E-state index in [1.807, 2.05) is 18.2 Å². The Kier molecular flexibility index (Phi) is 4.99. The van der Waals surface area contributed by atoms with Gasteiger partial charge < -0.3 is 14.8 Å². The summed E-state index contributed by atoms with van der Waals surface area (Å²) in [6, 6.07) is 13.7. The molecule has 21 heavy (non-hydrogen) atoms. The lowest BCUT2D eigenvalue weighted by Crippen LogP contribution is -2.02. The van der Waals surface area contributed by atoms with Crippen LogP contribution in [0.2, 0.25) is 0 Å². The van der Waals surface area contributed by atoms with E-state index in [9.17, 15) is 4.39 Å². The molecule has 2 aromatic carbocycles. The lowest BCUT2D eigenvalue weighted by Gasteiger charge is -2.10. The Bertz CT molecular complexity index is 636. The molecule has 0 atom stereocenters. The first-order chi connectivity index (χ1) is 10.2. The van der Waals surface area contributed by atoms with E-state index in [0.29, 0.717) is 23.7 Å². The van der Waals surface area contributed by atoms with Gasteiger partial charge in [0.05, 0.1) is 12.8 Å². The third-order valence-electron chi connectivity index (χ3n) is 2.88. The number of anilines is 1. The van der Waals surface area contributed by atoms with Gasteiger partial charge in [0.25, 0.3) is 0 Å². The van der Waals surface area contributed by atoms with Crippen molar-refractivity contribution in [2.75, 3.05) is 19.0 Å². The topological polar surface area (TPSA) is 54.3 Å². The van der Waals surface area contributed by atoms with Crippen LogP contribution < -0.4 is 14.8 Å². The van der Waals surface area contributed by atoms with E-state index < -0.39 is 0 Å². The van der Waals surface area contributed by atoms with Gasteiger partial charge in [0.2, 0.25) is 0 Å². The lowest BCUT2D eigenvalue weighted by molar-refractivity contribution is 0.368. The van der Waals surface area contributed by atoms with Crippen molar-refractivity contribution < 1.29 is 13.9 Å². The van der Waals surface area contributed by atoms with Gasteiger partial charge in [0.1, 0.15) is 23.4 Å². The van der Waals surface area contributed by atoms with Gasteiger partial charge in [-0.25, -0.2) is 4.39 Å². The second kappa shape index (κ2) is 7.15. The fraction of sp³-hybridized carbons (Fsp3) is 0.188. The normalized spacial score (nSPS) is 9.76. The molecule has 1 N–H and O–H groups in total. The van der Waals surface area contributed by atoms with E-state index in [0.717, 1.165) is 5.56 Å². The van der Waals surface area contributed by atoms with Crippen molar-refractivity contribution in [3.05, 3.63) is 53.8 Å². The van der Waals surface area contributed by atoms with Crippen LogP contribution in [0.3, 0.4) is 0 Å². The molecule has 0 fully saturated rings. The zero-order valence-electron chi connectivity index (χ0n) is 11.6. The van der Waals surface area contributed by atoms with Crippen LogP contribution in [-0.2, 0) is 6.54 Å². The van der Waals surface area contributed by atoms with E-state index >= 15 is 0 Å². The van der Waals surface area contributed by atoms with Crippen molar-refractivity contribution in [1.82, 2.24) is 0 Å². The standard InChI is InChI=1S/C16H15FN2O2/c1-20-14-6-7-15(17)16(10-14)19-11-12-2-4-13(5-3-12)21-9-8-18/h2-7,10,19H,9,11H2,1H3. The molecule has 0 saturated carbocycles. The summed E-state index contributed by atoms with van der Waals surface area (Å²) in [6.45, 7) is 0.495. The van der Waals surface area contributed by atoms with E-state index in [-0.39, 0.29) is 12.4 Å². The summed E-state index contributed by atoms with van der Waals surface area (Å²) in [5, 5.41) is 11.4. The molecule has 0 spiro atoms. The third kappa shape index (κ3) is 4.11. The van der Waals surface area contributed by atoms with Gasteiger partial charge in [-0.3, -0.25) is 0 Å². The van der Waals surface area contributed by atoms with Gasteiger partial charge in [-0.2, -0.15) is 5.26 Å². The number of rotatable bonds is 6. The minimum atomic E-state index is -0.329. The first-order valence-corrected chi connectivity index (χ1v) is 6.39. The number of nitriles is 1. The third-order valence-corrected chi connectivity index (χ3v) is 2.88. The number of nitrogens with one attached hydrogen (secondary N) is 1. The molecule has 0 heterocycles. The van der Waals surface area contributed by atoms with Crippen LogP contribution in [0.15, 0.2) is 42.5 Å². The van der Waals surface area contributed by atoms with Crippen LogP contribution in [0, 0.1) is 17.1 Å². The summed E-state index contributed by atoms with van der Waals surface area (Å²) in [7, 11) is 1.54. The number of hydrogen-bond donors (Lipinski definition) is 1. The SMILES string of the molecule is COc1ccc(F)c(NCc2ccc(OCC#N)cc2)c1. The Hall–Kier alpha value is -2.74. The van der Waals surface area contributed by atoms with Gasteiger partial charge in [-0.15, -0.1) is 0 Å². The molecule has 0 bridgehead atoms. The monoisotopic (exact) mass is 286 g/mol. The maximum Gasteiger partial charge on any atom is 0.174 e. The first-order valence-electron chi connectivity index (χ1n) is 6.39. The molecule has 0 aliphatic heterocycles. The molecule has 2 aromatic rings. The fourth-order valence-electron chi connectivity index (χ4n) is 1.78. The number of methoxy groups -OCH3 is 1. The van der Waals surface area contributed by atoms with Gasteiger partial charge in [0.15, 0.2) is 6.61 Å². The van der Waals surface area contributed by atoms with Crippen LogP contribution >= 0.6 is 0 Å². The van der Waals surface area contributed by atoms with Gasteiger partial charge in [0, 0.05) is 12.6 Å². The summed E-state index contributed by atoms with van der Waals surface area (Å²) in [5.41, 5.74) is 1.36. The maximum absolute atomic E-state index is 13.6. The van der Waals surface area contributed by atoms with E-state index in [4.69, 9.17) is 14.7 Å². The quantitative estimate of drug-likeness (QED) is 0.884. The summed E-state index contributed by atoms with van der Waals surface area (Å²) >= 11 is 0. The lowest BCUT2D eigenvalue weighted by atomic mass is 10.2. The summed E-state index contributed by atoms with van der Waals surface area (Å²) in [4.78, 5) is 0. The number of benzene rings is 2. The Morgan fingerprint density at radius 3 is 2.52 bits per heavy atom. The van der Waals surface area contributed by atoms with Crippen molar-refractivity contribution in [2.45, 2.75) is 6.54 Å². The number of hydrogen-bond acceptors (Lipinski definition) is 4. The first kappa shape index (κ1) is 14.7. The van der Waals surface area contributed by atoms with Crippen molar-refractivity contribution in [2.24, 2.45) is 0 Å². The molecule has 0 unspecified atom stereocenters. The Morgan fingerprint density at radius 1 is 1.14 bits per heavy atom. The molecule has 0 radical (unpaired) electrons. The van der Waals surface area contributed by atoms with E-state index in [1.165, 1.54) is 13.2 Å². The fourth-order valence-corrected chi connectivity index (χ4v) is 1.78. The zero-order chi connectivity index (χ0) is 15.1. The van der Waals surface area contributed by atoms with E-state index in [1.54, 1.807) is 24.3 Å². The minimum Gasteiger partial charge on any atom is -0.497 e. The highest BCUT2D eigenvalue weighted by atomic mass is 19.1. The van der Waals surface area contributed by atoms with Crippen molar-refractivity contribution in [3.8, 4) is 17.6 Å². The highest BCUT2D eigenvalue weighted by Crippen LogP contribution is 2.22. The number of ether oxygens (including phenoxy) is 2. The molecular weight excluding hydrogens is 271 g/mol. The average molecular weight is 286 g/mol. The van der Waals surface area contributed by atoms with Gasteiger partial charge in [-0.05, 0) is 29.8 Å². The molecule has 0 aromatic heterocycles. The summed E-state index contributed by atoms with van der Waals surface area (Å²) in [6.07, 6.45) is 0. The predicted molar refractivity (Wildman–Crippen MR) is 77.8 cm³/mol. The predicted octanol–water partition coefficient (Wildman–Crippen LogP) is 3.35. The molecule has 0 saturated heterocycles. The highest BCUT2D eigenvalue weighted by molar-refractivity contribution is 5.50. The van der Waals surface area contributed by atoms with Crippen LogP contribution in [0.1, 0.15) is 5.56 Å². The Labute approximate surface area is 122 Å². The molecule has 2 rings (SSSR count). The minimum absolute atomic E-state index is 0.0205. The Morgan fingerprint density at radius 2 is 1.86 bits per heavy atom. The highest BCUT2D eigenvalue weighted by Gasteiger charge is 2.04. The largest absolute Gasteiger partial charge is 0.497 e. The van der Waals surface area contributed by atoms with E-state index in [2.05, 4.69) is 5.32 Å². The van der Waals surface area contributed by atoms with Gasteiger partial charge in [-0.1, -0.05) is 12.1 Å².